The Hall–Kier alpha value is -3.11. The minimum atomic E-state index is -0.756. The molecule has 0 radical (unpaired) electrons. The second kappa shape index (κ2) is 8.72. The molecular formula is C23H20ClNO3. The van der Waals surface area contributed by atoms with E-state index in [4.69, 9.17) is 16.3 Å². The molecule has 0 saturated heterocycles. The highest BCUT2D eigenvalue weighted by atomic mass is 35.5. The second-order valence-electron chi connectivity index (χ2n) is 6.50. The van der Waals surface area contributed by atoms with Gasteiger partial charge in [0.25, 0.3) is 5.91 Å². The molecule has 0 fully saturated rings. The molecule has 0 heterocycles. The minimum absolute atomic E-state index is 0.104. The summed E-state index contributed by atoms with van der Waals surface area (Å²) in [6.07, 6.45) is -0.756. The molecule has 0 aliphatic rings. The van der Waals surface area contributed by atoms with Crippen LogP contribution in [0.1, 0.15) is 27.6 Å². The number of halogens is 1. The van der Waals surface area contributed by atoms with Crippen molar-refractivity contribution in [3.63, 3.8) is 0 Å². The van der Waals surface area contributed by atoms with Crippen LogP contribution in [0.3, 0.4) is 0 Å². The molecule has 28 heavy (non-hydrogen) atoms. The standard InChI is InChI=1S/C23H20ClNO3/c1-25(2)23(27)22(18-6-4-3-5-7-18)28-20-14-10-17(11-15-20)21(26)16-8-12-19(24)13-9-16/h3-15,22H,1-2H3/t22-/m1/s1. The predicted octanol–water partition coefficient (Wildman–Crippen LogP) is 4.78. The van der Waals surface area contributed by atoms with Gasteiger partial charge in [0.15, 0.2) is 5.78 Å². The first-order chi connectivity index (χ1) is 13.5. The first-order valence-corrected chi connectivity index (χ1v) is 9.16. The fourth-order valence-electron chi connectivity index (χ4n) is 2.71. The lowest BCUT2D eigenvalue weighted by Gasteiger charge is -2.22. The summed E-state index contributed by atoms with van der Waals surface area (Å²) in [6, 6.07) is 22.8. The number of benzene rings is 3. The number of hydrogen-bond acceptors (Lipinski definition) is 3. The number of amides is 1. The van der Waals surface area contributed by atoms with Gasteiger partial charge in [-0.3, -0.25) is 9.59 Å². The van der Waals surface area contributed by atoms with Crippen molar-refractivity contribution in [1.29, 1.82) is 0 Å². The van der Waals surface area contributed by atoms with Gasteiger partial charge in [0.2, 0.25) is 6.10 Å². The monoisotopic (exact) mass is 393 g/mol. The maximum absolute atomic E-state index is 12.6. The molecule has 0 aliphatic heterocycles. The quantitative estimate of drug-likeness (QED) is 0.566. The van der Waals surface area contributed by atoms with Gasteiger partial charge in [0.1, 0.15) is 5.75 Å². The fourth-order valence-corrected chi connectivity index (χ4v) is 2.84. The van der Waals surface area contributed by atoms with Crippen LogP contribution in [0.25, 0.3) is 0 Å². The van der Waals surface area contributed by atoms with Crippen LogP contribution in [0.2, 0.25) is 5.02 Å². The van der Waals surface area contributed by atoms with Gasteiger partial charge < -0.3 is 9.64 Å². The molecule has 0 spiro atoms. The Kier molecular flexibility index (Phi) is 6.12. The van der Waals surface area contributed by atoms with Gasteiger partial charge in [0, 0.05) is 35.8 Å². The van der Waals surface area contributed by atoms with E-state index in [-0.39, 0.29) is 11.7 Å². The predicted molar refractivity (Wildman–Crippen MR) is 110 cm³/mol. The zero-order valence-electron chi connectivity index (χ0n) is 15.6. The molecule has 142 valence electrons. The molecule has 0 aromatic heterocycles. The van der Waals surface area contributed by atoms with Crippen molar-refractivity contribution < 1.29 is 14.3 Å². The normalized spacial score (nSPS) is 11.5. The van der Waals surface area contributed by atoms with E-state index >= 15 is 0 Å². The lowest BCUT2D eigenvalue weighted by Crippen LogP contribution is -2.31. The first kappa shape index (κ1) is 19.6. The summed E-state index contributed by atoms with van der Waals surface area (Å²) >= 11 is 5.87. The van der Waals surface area contributed by atoms with Crippen LogP contribution in [-0.2, 0) is 4.79 Å². The molecule has 1 amide bonds. The van der Waals surface area contributed by atoms with E-state index in [1.54, 1.807) is 62.6 Å². The molecule has 3 aromatic carbocycles. The molecule has 3 rings (SSSR count). The molecule has 1 atom stereocenters. The lowest BCUT2D eigenvalue weighted by atomic mass is 10.0. The van der Waals surface area contributed by atoms with Crippen LogP contribution in [0.4, 0.5) is 0 Å². The Morgan fingerprint density at radius 3 is 1.89 bits per heavy atom. The smallest absolute Gasteiger partial charge is 0.267 e. The Morgan fingerprint density at radius 2 is 1.36 bits per heavy atom. The highest BCUT2D eigenvalue weighted by Gasteiger charge is 2.24. The van der Waals surface area contributed by atoms with E-state index in [0.717, 1.165) is 5.56 Å². The number of hydrogen-bond donors (Lipinski definition) is 0. The third kappa shape index (κ3) is 4.59. The van der Waals surface area contributed by atoms with Gasteiger partial charge in [-0.05, 0) is 48.5 Å². The fraction of sp³-hybridized carbons (Fsp3) is 0.130. The average molecular weight is 394 g/mol. The Morgan fingerprint density at radius 1 is 0.821 bits per heavy atom. The molecule has 0 saturated carbocycles. The number of carbonyl (C=O) groups excluding carboxylic acids is 2. The third-order valence-corrected chi connectivity index (χ3v) is 4.50. The van der Waals surface area contributed by atoms with Gasteiger partial charge >= 0.3 is 0 Å². The summed E-state index contributed by atoms with van der Waals surface area (Å²) in [6.45, 7) is 0. The number of likely N-dealkylation sites (N-methyl/N-ethyl adjacent to an activating group) is 1. The van der Waals surface area contributed by atoms with Gasteiger partial charge in [-0.2, -0.15) is 0 Å². The van der Waals surface area contributed by atoms with Crippen molar-refractivity contribution in [3.05, 3.63) is 101 Å². The SMILES string of the molecule is CN(C)C(=O)[C@H](Oc1ccc(C(=O)c2ccc(Cl)cc2)cc1)c1ccccc1. The van der Waals surface area contributed by atoms with Crippen LogP contribution in [0.5, 0.6) is 5.75 Å². The Labute approximate surface area is 169 Å². The number of ketones is 1. The van der Waals surface area contributed by atoms with Gasteiger partial charge in [-0.25, -0.2) is 0 Å². The van der Waals surface area contributed by atoms with Crippen molar-refractivity contribution in [3.8, 4) is 5.75 Å². The largest absolute Gasteiger partial charge is 0.476 e. The lowest BCUT2D eigenvalue weighted by molar-refractivity contribution is -0.136. The van der Waals surface area contributed by atoms with Crippen LogP contribution in [-0.4, -0.2) is 30.7 Å². The van der Waals surface area contributed by atoms with Crippen molar-refractivity contribution in [2.45, 2.75) is 6.10 Å². The summed E-state index contributed by atoms with van der Waals surface area (Å²) in [7, 11) is 3.38. The van der Waals surface area contributed by atoms with Crippen molar-refractivity contribution in [2.24, 2.45) is 0 Å². The van der Waals surface area contributed by atoms with Gasteiger partial charge in [-0.15, -0.1) is 0 Å². The van der Waals surface area contributed by atoms with Gasteiger partial charge in [0.05, 0.1) is 0 Å². The summed E-state index contributed by atoms with van der Waals surface area (Å²) in [5, 5.41) is 0.581. The molecule has 4 nitrogen and oxygen atoms in total. The van der Waals surface area contributed by atoms with E-state index in [1.165, 1.54) is 4.90 Å². The number of nitrogens with zero attached hydrogens (tertiary/aromatic N) is 1. The van der Waals surface area contributed by atoms with Crippen LogP contribution in [0.15, 0.2) is 78.9 Å². The van der Waals surface area contributed by atoms with Crippen molar-refractivity contribution in [2.75, 3.05) is 14.1 Å². The topological polar surface area (TPSA) is 46.6 Å². The van der Waals surface area contributed by atoms with Crippen LogP contribution >= 0.6 is 11.6 Å². The number of ether oxygens (including phenoxy) is 1. The maximum Gasteiger partial charge on any atom is 0.267 e. The van der Waals surface area contributed by atoms with Crippen LogP contribution < -0.4 is 4.74 Å². The Bertz CT molecular complexity index is 951. The molecular weight excluding hydrogens is 374 g/mol. The molecule has 0 aliphatic carbocycles. The highest BCUT2D eigenvalue weighted by Crippen LogP contribution is 2.24. The summed E-state index contributed by atoms with van der Waals surface area (Å²) in [5.41, 5.74) is 1.86. The molecule has 5 heteroatoms. The van der Waals surface area contributed by atoms with E-state index in [0.29, 0.717) is 21.9 Å². The number of carbonyl (C=O) groups is 2. The summed E-state index contributed by atoms with van der Waals surface area (Å²) in [4.78, 5) is 26.6. The average Bonchev–Trinajstić information content (AvgIpc) is 2.72. The first-order valence-electron chi connectivity index (χ1n) is 8.79. The molecule has 0 unspecified atom stereocenters. The third-order valence-electron chi connectivity index (χ3n) is 4.24. The zero-order valence-corrected chi connectivity index (χ0v) is 16.4. The number of rotatable bonds is 6. The molecule has 0 N–H and O–H groups in total. The van der Waals surface area contributed by atoms with Crippen molar-refractivity contribution >= 4 is 23.3 Å². The zero-order chi connectivity index (χ0) is 20.1. The van der Waals surface area contributed by atoms with Crippen LogP contribution in [0, 0.1) is 0 Å². The highest BCUT2D eigenvalue weighted by molar-refractivity contribution is 6.30. The molecule has 0 bridgehead atoms. The van der Waals surface area contributed by atoms with E-state index in [2.05, 4.69) is 0 Å². The van der Waals surface area contributed by atoms with E-state index < -0.39 is 6.10 Å². The van der Waals surface area contributed by atoms with E-state index in [1.807, 2.05) is 30.3 Å². The summed E-state index contributed by atoms with van der Waals surface area (Å²) in [5.74, 6) is 0.247. The summed E-state index contributed by atoms with van der Waals surface area (Å²) < 4.78 is 5.96. The molecule has 3 aromatic rings. The second-order valence-corrected chi connectivity index (χ2v) is 6.94. The van der Waals surface area contributed by atoms with E-state index in [9.17, 15) is 9.59 Å². The van der Waals surface area contributed by atoms with Gasteiger partial charge in [-0.1, -0.05) is 41.9 Å². The van der Waals surface area contributed by atoms with Crippen molar-refractivity contribution in [1.82, 2.24) is 4.90 Å². The maximum atomic E-state index is 12.6. The Balaban J connectivity index is 1.80. The minimum Gasteiger partial charge on any atom is -0.476 e.